The Bertz CT molecular complexity index is 652. The average molecular weight is 462 g/mol. The van der Waals surface area contributed by atoms with Gasteiger partial charge in [-0.2, -0.15) is 0 Å². The Morgan fingerprint density at radius 1 is 1.15 bits per heavy atom. The van der Waals surface area contributed by atoms with Crippen LogP contribution >= 0.6 is 7.26 Å². The Morgan fingerprint density at radius 3 is 2.15 bits per heavy atom. The molecule has 1 radical (unpaired) electrons. The van der Waals surface area contributed by atoms with Gasteiger partial charge in [-0.3, -0.25) is 4.79 Å². The molecule has 3 nitrogen and oxygen atoms in total. The van der Waals surface area contributed by atoms with E-state index >= 15 is 0 Å². The van der Waals surface area contributed by atoms with Crippen molar-refractivity contribution in [3.63, 3.8) is 0 Å². The summed E-state index contributed by atoms with van der Waals surface area (Å²) in [4.78, 5) is 16.9. The molecule has 1 fully saturated rings. The van der Waals surface area contributed by atoms with E-state index in [0.717, 1.165) is 29.7 Å². The van der Waals surface area contributed by atoms with Crippen LogP contribution < -0.4 is 5.32 Å². The van der Waals surface area contributed by atoms with Gasteiger partial charge < -0.3 is 5.32 Å². The SMILES string of the molecule is [C-]#[N+]c1cc(C)c(NC(=O)C(CCC)[P+]2(CC)CCCCCC2)c(C)c1.[Y]. The molecular weight excluding hydrogens is 428 g/mol. The predicted molar refractivity (Wildman–Crippen MR) is 115 cm³/mol. The summed E-state index contributed by atoms with van der Waals surface area (Å²) in [5.74, 6) is 0.227. The molecule has 1 amide bonds. The maximum absolute atomic E-state index is 13.4. The van der Waals surface area contributed by atoms with Gasteiger partial charge in [0.2, 0.25) is 0 Å². The fourth-order valence-electron chi connectivity index (χ4n) is 4.50. The third kappa shape index (κ3) is 6.09. The van der Waals surface area contributed by atoms with Crippen LogP contribution in [0.3, 0.4) is 0 Å². The molecule has 0 saturated carbocycles. The van der Waals surface area contributed by atoms with Gasteiger partial charge in [0.15, 0.2) is 5.69 Å². The Morgan fingerprint density at radius 2 is 1.70 bits per heavy atom. The zero-order valence-electron chi connectivity index (χ0n) is 17.5. The predicted octanol–water partition coefficient (Wildman–Crippen LogP) is 6.57. The summed E-state index contributed by atoms with van der Waals surface area (Å²) in [6.45, 7) is 15.7. The van der Waals surface area contributed by atoms with E-state index in [1.165, 1.54) is 44.2 Å². The normalized spacial score (nSPS) is 17.1. The van der Waals surface area contributed by atoms with Crippen molar-refractivity contribution in [3.8, 4) is 0 Å². The average Bonchev–Trinajstić information content (AvgIpc) is 2.88. The maximum Gasteiger partial charge on any atom is 0.265 e. The van der Waals surface area contributed by atoms with Gasteiger partial charge in [0.1, 0.15) is 5.66 Å². The van der Waals surface area contributed by atoms with Crippen LogP contribution in [-0.2, 0) is 37.5 Å². The molecule has 1 heterocycles. The fraction of sp³-hybridized carbons (Fsp3) is 0.636. The number of hydrogen-bond donors (Lipinski definition) is 1. The molecule has 1 N–H and O–H groups in total. The molecule has 1 unspecified atom stereocenters. The number of aryl methyl sites for hydroxylation is 2. The number of nitrogens with one attached hydrogen (secondary N) is 1. The van der Waals surface area contributed by atoms with Crippen molar-refractivity contribution in [1.29, 1.82) is 0 Å². The second-order valence-corrected chi connectivity index (χ2v) is 12.3. The van der Waals surface area contributed by atoms with Gasteiger partial charge in [-0.25, -0.2) is 4.85 Å². The van der Waals surface area contributed by atoms with Crippen LogP contribution in [0.15, 0.2) is 12.1 Å². The molecular formula is C22H34N2OPY+. The van der Waals surface area contributed by atoms with Crippen molar-refractivity contribution >= 4 is 24.5 Å². The number of hydrogen-bond acceptors (Lipinski definition) is 1. The number of rotatable bonds is 6. The first-order valence-electron chi connectivity index (χ1n) is 10.1. The molecule has 0 aromatic heterocycles. The first-order valence-corrected chi connectivity index (χ1v) is 12.5. The van der Waals surface area contributed by atoms with E-state index in [1.807, 2.05) is 26.0 Å². The van der Waals surface area contributed by atoms with Gasteiger partial charge in [-0.15, -0.1) is 0 Å². The van der Waals surface area contributed by atoms with E-state index in [-0.39, 0.29) is 44.3 Å². The Labute approximate surface area is 191 Å². The minimum Gasteiger partial charge on any atom is -0.322 e. The molecule has 1 aliphatic heterocycles. The van der Waals surface area contributed by atoms with Crippen LogP contribution in [0.4, 0.5) is 11.4 Å². The summed E-state index contributed by atoms with van der Waals surface area (Å²) in [6, 6.07) is 3.75. The minimum atomic E-state index is -1.24. The van der Waals surface area contributed by atoms with E-state index in [0.29, 0.717) is 5.69 Å². The van der Waals surface area contributed by atoms with Crippen LogP contribution in [-0.4, -0.2) is 30.1 Å². The van der Waals surface area contributed by atoms with E-state index in [9.17, 15) is 4.79 Å². The van der Waals surface area contributed by atoms with Gasteiger partial charge in [0, 0.05) is 45.7 Å². The Kier molecular flexibility index (Phi) is 10.7. The monoisotopic (exact) mass is 462 g/mol. The summed E-state index contributed by atoms with van der Waals surface area (Å²) in [6.07, 6.45) is 11.1. The third-order valence-electron chi connectivity index (χ3n) is 6.01. The summed E-state index contributed by atoms with van der Waals surface area (Å²) in [5.41, 5.74) is 3.72. The topological polar surface area (TPSA) is 33.5 Å². The van der Waals surface area contributed by atoms with Gasteiger partial charge in [0.25, 0.3) is 5.91 Å². The first kappa shape index (κ1) is 24.8. The molecule has 145 valence electrons. The molecule has 1 saturated heterocycles. The quantitative estimate of drug-likeness (QED) is 0.377. The van der Waals surface area contributed by atoms with E-state index in [1.54, 1.807) is 0 Å². The van der Waals surface area contributed by atoms with E-state index < -0.39 is 7.26 Å². The van der Waals surface area contributed by atoms with Crippen molar-refractivity contribution < 1.29 is 37.5 Å². The Balaban J connectivity index is 0.00000364. The molecule has 0 aliphatic carbocycles. The second-order valence-electron chi connectivity index (χ2n) is 7.76. The van der Waals surface area contributed by atoms with E-state index in [2.05, 4.69) is 24.0 Å². The van der Waals surface area contributed by atoms with Gasteiger partial charge in [-0.1, -0.05) is 25.5 Å². The first-order chi connectivity index (χ1) is 12.5. The molecule has 5 heteroatoms. The molecule has 1 atom stereocenters. The number of carbonyl (C=O) groups excluding carboxylic acids is 1. The number of carbonyl (C=O) groups is 1. The van der Waals surface area contributed by atoms with Crippen molar-refractivity contribution in [2.24, 2.45) is 0 Å². The number of amides is 1. The van der Waals surface area contributed by atoms with Crippen molar-refractivity contribution in [2.75, 3.05) is 23.8 Å². The second kappa shape index (κ2) is 11.7. The van der Waals surface area contributed by atoms with Crippen LogP contribution in [0.25, 0.3) is 4.85 Å². The third-order valence-corrected chi connectivity index (χ3v) is 11.5. The molecule has 2 rings (SSSR count). The largest absolute Gasteiger partial charge is 0.322 e. The van der Waals surface area contributed by atoms with Gasteiger partial charge >= 0.3 is 0 Å². The van der Waals surface area contributed by atoms with Gasteiger partial charge in [-0.05, 0) is 64.0 Å². The summed E-state index contributed by atoms with van der Waals surface area (Å²) < 4.78 is 0. The summed E-state index contributed by atoms with van der Waals surface area (Å²) in [5, 5.41) is 3.28. The Hall–Kier alpha value is -0.286. The van der Waals surface area contributed by atoms with Crippen molar-refractivity contribution in [1.82, 2.24) is 0 Å². The molecule has 1 aromatic rings. The van der Waals surface area contributed by atoms with Crippen LogP contribution in [0.1, 0.15) is 63.5 Å². The van der Waals surface area contributed by atoms with Crippen LogP contribution in [0.2, 0.25) is 0 Å². The zero-order valence-corrected chi connectivity index (χ0v) is 21.2. The number of nitrogens with zero attached hydrogens (tertiary/aromatic N) is 1. The summed E-state index contributed by atoms with van der Waals surface area (Å²) >= 11 is 0. The van der Waals surface area contributed by atoms with Gasteiger partial charge in [0.05, 0.1) is 25.1 Å². The summed E-state index contributed by atoms with van der Waals surface area (Å²) in [7, 11) is -1.24. The van der Waals surface area contributed by atoms with Crippen molar-refractivity contribution in [2.45, 2.75) is 71.9 Å². The van der Waals surface area contributed by atoms with Crippen molar-refractivity contribution in [3.05, 3.63) is 34.7 Å². The number of benzene rings is 1. The standard InChI is InChI=1S/C22H33N2OP.Y/c1-6-12-20(26(7-2)13-10-8-9-11-14-26)22(25)24-21-17(3)15-19(23-5)16-18(21)4;/h15-16,20H,6-14H2,1-4H3;/p+1. The zero-order chi connectivity index (χ0) is 19.2. The smallest absolute Gasteiger partial charge is 0.265 e. The number of anilines is 1. The molecule has 0 bridgehead atoms. The molecule has 0 spiro atoms. The van der Waals surface area contributed by atoms with E-state index in [4.69, 9.17) is 6.57 Å². The molecule has 27 heavy (non-hydrogen) atoms. The van der Waals surface area contributed by atoms with Crippen LogP contribution in [0, 0.1) is 20.4 Å². The maximum atomic E-state index is 13.4. The molecule has 1 aromatic carbocycles. The fourth-order valence-corrected chi connectivity index (χ4v) is 9.50. The van der Waals surface area contributed by atoms with Crippen LogP contribution in [0.5, 0.6) is 0 Å². The minimum absolute atomic E-state index is 0. The molecule has 1 aliphatic rings.